The first kappa shape index (κ1) is 17.6. The lowest BCUT2D eigenvalue weighted by Crippen LogP contribution is -2.46. The van der Waals surface area contributed by atoms with Gasteiger partial charge in [-0.1, -0.05) is 42.3 Å². The van der Waals surface area contributed by atoms with Crippen molar-refractivity contribution < 1.29 is 4.79 Å². The van der Waals surface area contributed by atoms with E-state index in [-0.39, 0.29) is 11.3 Å². The summed E-state index contributed by atoms with van der Waals surface area (Å²) in [5, 5.41) is 0.602. The topological polar surface area (TPSA) is 23.6 Å². The summed E-state index contributed by atoms with van der Waals surface area (Å²) in [6.45, 7) is 8.43. The highest BCUT2D eigenvalue weighted by Gasteiger charge is 2.46. The van der Waals surface area contributed by atoms with E-state index in [4.69, 9.17) is 11.6 Å². The highest BCUT2D eigenvalue weighted by molar-refractivity contribution is 6.31. The van der Waals surface area contributed by atoms with E-state index in [1.807, 2.05) is 23.1 Å². The molecule has 0 bridgehead atoms. The van der Waals surface area contributed by atoms with Gasteiger partial charge >= 0.3 is 0 Å². The molecule has 2 aromatic rings. The molecule has 0 aliphatic carbocycles. The van der Waals surface area contributed by atoms with Crippen molar-refractivity contribution in [1.82, 2.24) is 4.90 Å². The minimum absolute atomic E-state index is 0.0485. The number of likely N-dealkylation sites (tertiary alicyclic amines) is 1. The number of nitrogens with zero attached hydrogens (tertiary/aromatic N) is 2. The first-order valence-electron chi connectivity index (χ1n) is 9.43. The molecule has 0 aromatic heterocycles. The summed E-state index contributed by atoms with van der Waals surface area (Å²) < 4.78 is 0. The summed E-state index contributed by atoms with van der Waals surface area (Å²) in [4.78, 5) is 17.7. The molecular formula is C22H25ClN2O. The molecule has 0 saturated carbocycles. The predicted molar refractivity (Wildman–Crippen MR) is 107 cm³/mol. The molecule has 0 N–H and O–H groups in total. The fraction of sp³-hybridized carbons (Fsp3) is 0.409. The van der Waals surface area contributed by atoms with Crippen LogP contribution < -0.4 is 4.90 Å². The first-order valence-corrected chi connectivity index (χ1v) is 9.81. The Hall–Kier alpha value is -1.84. The maximum atomic E-state index is 13.3. The predicted octanol–water partition coefficient (Wildman–Crippen LogP) is 4.66. The Morgan fingerprint density at radius 3 is 2.62 bits per heavy atom. The summed E-state index contributed by atoms with van der Waals surface area (Å²) in [5.41, 5.74) is 4.43. The van der Waals surface area contributed by atoms with E-state index in [0.29, 0.717) is 10.6 Å². The molecule has 1 amide bonds. The second-order valence-electron chi connectivity index (χ2n) is 7.64. The second-order valence-corrected chi connectivity index (χ2v) is 8.07. The molecule has 1 fully saturated rings. The van der Waals surface area contributed by atoms with Gasteiger partial charge in [0.2, 0.25) is 0 Å². The monoisotopic (exact) mass is 368 g/mol. The number of benzene rings is 2. The number of fused-ring (bicyclic) bond motifs is 2. The molecule has 2 aliphatic heterocycles. The number of rotatable bonds is 2. The van der Waals surface area contributed by atoms with E-state index in [0.717, 1.165) is 44.7 Å². The molecule has 4 rings (SSSR count). The third-order valence-electron chi connectivity index (χ3n) is 6.05. The van der Waals surface area contributed by atoms with Gasteiger partial charge in [0.1, 0.15) is 0 Å². The summed E-state index contributed by atoms with van der Waals surface area (Å²) in [6, 6.07) is 13.8. The SMILES string of the molecule is CCN1CCC2(CC1)CN(C(=O)c1cccc(Cl)c1)c1ccc(C)cc12. The Labute approximate surface area is 160 Å². The Bertz CT molecular complexity index is 840. The number of piperidine rings is 1. The van der Waals surface area contributed by atoms with Gasteiger partial charge in [-0.05, 0) is 69.2 Å². The largest absolute Gasteiger partial charge is 0.307 e. The van der Waals surface area contributed by atoms with Crippen LogP contribution in [0.1, 0.15) is 41.3 Å². The third-order valence-corrected chi connectivity index (χ3v) is 6.29. The van der Waals surface area contributed by atoms with Gasteiger partial charge in [0, 0.05) is 28.2 Å². The highest BCUT2D eigenvalue weighted by atomic mass is 35.5. The van der Waals surface area contributed by atoms with Crippen molar-refractivity contribution in [2.75, 3.05) is 31.1 Å². The standard InChI is InChI=1S/C22H25ClN2O/c1-3-24-11-9-22(10-12-24)15-25(20-8-7-16(2)13-19(20)22)21(26)17-5-4-6-18(23)14-17/h4-8,13-14H,3,9-12,15H2,1-2H3. The fourth-order valence-electron chi connectivity index (χ4n) is 4.47. The number of carbonyl (C=O) groups is 1. The van der Waals surface area contributed by atoms with Crippen LogP contribution >= 0.6 is 11.6 Å². The second kappa shape index (κ2) is 6.71. The maximum absolute atomic E-state index is 13.3. The van der Waals surface area contributed by atoms with Crippen LogP contribution in [-0.4, -0.2) is 37.0 Å². The summed E-state index contributed by atoms with van der Waals surface area (Å²) in [7, 11) is 0. The lowest BCUT2D eigenvalue weighted by atomic mass is 9.74. The number of carbonyl (C=O) groups excluding carboxylic acids is 1. The van der Waals surface area contributed by atoms with E-state index in [2.05, 4.69) is 36.9 Å². The van der Waals surface area contributed by atoms with Crippen LogP contribution in [0, 0.1) is 6.92 Å². The lowest BCUT2D eigenvalue weighted by Gasteiger charge is -2.39. The molecule has 3 nitrogen and oxygen atoms in total. The molecule has 1 spiro atoms. The molecular weight excluding hydrogens is 344 g/mol. The molecule has 2 aliphatic rings. The Morgan fingerprint density at radius 2 is 1.92 bits per heavy atom. The molecule has 26 heavy (non-hydrogen) atoms. The normalized spacial score (nSPS) is 19.0. The maximum Gasteiger partial charge on any atom is 0.258 e. The number of hydrogen-bond donors (Lipinski definition) is 0. The summed E-state index contributed by atoms with van der Waals surface area (Å²) in [5.74, 6) is 0.0485. The van der Waals surface area contributed by atoms with Crippen molar-refractivity contribution in [3.63, 3.8) is 0 Å². The van der Waals surface area contributed by atoms with Crippen LogP contribution in [0.25, 0.3) is 0 Å². The number of aryl methyl sites for hydroxylation is 1. The van der Waals surface area contributed by atoms with Crippen molar-refractivity contribution >= 4 is 23.2 Å². The van der Waals surface area contributed by atoms with Crippen molar-refractivity contribution in [3.05, 3.63) is 64.2 Å². The zero-order valence-electron chi connectivity index (χ0n) is 15.5. The zero-order valence-corrected chi connectivity index (χ0v) is 16.2. The van der Waals surface area contributed by atoms with Crippen LogP contribution in [0.5, 0.6) is 0 Å². The van der Waals surface area contributed by atoms with Crippen LogP contribution in [0.2, 0.25) is 5.02 Å². The quantitative estimate of drug-likeness (QED) is 0.769. The van der Waals surface area contributed by atoms with E-state index >= 15 is 0 Å². The van der Waals surface area contributed by atoms with Gasteiger partial charge in [0.05, 0.1) is 0 Å². The smallest absolute Gasteiger partial charge is 0.258 e. The lowest BCUT2D eigenvalue weighted by molar-refractivity contribution is 0.0977. The van der Waals surface area contributed by atoms with E-state index in [9.17, 15) is 4.79 Å². The van der Waals surface area contributed by atoms with Crippen LogP contribution in [-0.2, 0) is 5.41 Å². The molecule has 0 radical (unpaired) electrons. The number of halogens is 1. The molecule has 4 heteroatoms. The average molecular weight is 369 g/mol. The molecule has 0 atom stereocenters. The third kappa shape index (κ3) is 2.93. The van der Waals surface area contributed by atoms with Gasteiger partial charge in [-0.25, -0.2) is 0 Å². The van der Waals surface area contributed by atoms with Gasteiger partial charge in [-0.3, -0.25) is 4.79 Å². The van der Waals surface area contributed by atoms with Crippen LogP contribution in [0.4, 0.5) is 5.69 Å². The summed E-state index contributed by atoms with van der Waals surface area (Å²) >= 11 is 6.11. The Balaban J connectivity index is 1.72. The highest BCUT2D eigenvalue weighted by Crippen LogP contribution is 2.47. The van der Waals surface area contributed by atoms with Crippen LogP contribution in [0.3, 0.4) is 0 Å². The Kier molecular flexibility index (Phi) is 4.54. The first-order chi connectivity index (χ1) is 12.5. The van der Waals surface area contributed by atoms with E-state index in [1.165, 1.54) is 11.1 Å². The Morgan fingerprint density at radius 1 is 1.15 bits per heavy atom. The number of hydrogen-bond acceptors (Lipinski definition) is 2. The van der Waals surface area contributed by atoms with Crippen molar-refractivity contribution in [2.24, 2.45) is 0 Å². The van der Waals surface area contributed by atoms with Gasteiger partial charge in [-0.15, -0.1) is 0 Å². The minimum atomic E-state index is 0.0485. The zero-order chi connectivity index (χ0) is 18.3. The number of anilines is 1. The average Bonchev–Trinajstić information content (AvgIpc) is 2.95. The summed E-state index contributed by atoms with van der Waals surface area (Å²) in [6.07, 6.45) is 2.22. The molecule has 136 valence electrons. The van der Waals surface area contributed by atoms with Gasteiger partial charge in [0.25, 0.3) is 5.91 Å². The molecule has 2 aromatic carbocycles. The molecule has 1 saturated heterocycles. The van der Waals surface area contributed by atoms with Gasteiger partial charge in [0.15, 0.2) is 0 Å². The van der Waals surface area contributed by atoms with Crippen molar-refractivity contribution in [3.8, 4) is 0 Å². The minimum Gasteiger partial charge on any atom is -0.307 e. The molecule has 0 unspecified atom stereocenters. The fourth-order valence-corrected chi connectivity index (χ4v) is 4.66. The van der Waals surface area contributed by atoms with Gasteiger partial charge < -0.3 is 9.80 Å². The van der Waals surface area contributed by atoms with Crippen molar-refractivity contribution in [1.29, 1.82) is 0 Å². The van der Waals surface area contributed by atoms with E-state index in [1.54, 1.807) is 6.07 Å². The van der Waals surface area contributed by atoms with E-state index < -0.39 is 0 Å². The van der Waals surface area contributed by atoms with Crippen LogP contribution in [0.15, 0.2) is 42.5 Å². The van der Waals surface area contributed by atoms with Gasteiger partial charge in [-0.2, -0.15) is 0 Å². The number of amides is 1. The molecule has 2 heterocycles. The van der Waals surface area contributed by atoms with Crippen molar-refractivity contribution in [2.45, 2.75) is 32.1 Å².